The van der Waals surface area contributed by atoms with E-state index >= 15 is 0 Å². The number of aryl methyl sites for hydroxylation is 2. The van der Waals surface area contributed by atoms with Crippen LogP contribution in [0.1, 0.15) is 47.5 Å². The molecule has 1 fully saturated rings. The summed E-state index contributed by atoms with van der Waals surface area (Å²) in [7, 11) is 0. The Kier molecular flexibility index (Phi) is 5.65. The topological polar surface area (TPSA) is 72.3 Å². The highest BCUT2D eigenvalue weighted by Crippen LogP contribution is 2.27. The predicted octanol–water partition coefficient (Wildman–Crippen LogP) is 2.23. The molecule has 2 aromatic heterocycles. The first-order chi connectivity index (χ1) is 14.3. The molecule has 1 N–H and O–H groups in total. The molecule has 1 saturated heterocycles. The summed E-state index contributed by atoms with van der Waals surface area (Å²) >= 11 is 1.73. The largest absolute Gasteiger partial charge is 0.375 e. The van der Waals surface area contributed by atoms with Crippen molar-refractivity contribution in [2.24, 2.45) is 0 Å². The van der Waals surface area contributed by atoms with E-state index in [1.165, 1.54) is 29.8 Å². The molecule has 8 heteroatoms. The highest BCUT2D eigenvalue weighted by molar-refractivity contribution is 7.15. The van der Waals surface area contributed by atoms with Gasteiger partial charge in [-0.2, -0.15) is 5.10 Å². The van der Waals surface area contributed by atoms with Crippen LogP contribution in [-0.2, 0) is 37.2 Å². The fourth-order valence-electron chi connectivity index (χ4n) is 4.71. The molecule has 3 aliphatic rings. The van der Waals surface area contributed by atoms with Gasteiger partial charge in [0.1, 0.15) is 0 Å². The van der Waals surface area contributed by atoms with Gasteiger partial charge in [0, 0.05) is 31.6 Å². The normalized spacial score (nSPS) is 21.7. The van der Waals surface area contributed by atoms with Crippen molar-refractivity contribution >= 4 is 16.5 Å². The minimum atomic E-state index is 0.0490. The van der Waals surface area contributed by atoms with Gasteiger partial charge >= 0.3 is 0 Å². The smallest absolute Gasteiger partial charge is 0.267 e. The number of ether oxygens (including phenoxy) is 1. The summed E-state index contributed by atoms with van der Waals surface area (Å²) < 4.78 is 7.21. The molecule has 7 nitrogen and oxygen atoms in total. The summed E-state index contributed by atoms with van der Waals surface area (Å²) in [5, 5.41) is 9.22. The first-order valence-electron chi connectivity index (χ1n) is 10.9. The summed E-state index contributed by atoms with van der Waals surface area (Å²) in [5.41, 5.74) is 3.53. The number of fused-ring (bicyclic) bond motifs is 2. The molecular weight excluding hydrogens is 386 g/mol. The number of anilines is 1. The van der Waals surface area contributed by atoms with Crippen LogP contribution in [0.15, 0.2) is 10.9 Å². The zero-order chi connectivity index (χ0) is 19.6. The van der Waals surface area contributed by atoms with Gasteiger partial charge in [0.15, 0.2) is 5.13 Å². The standard InChI is InChI=1S/C21H29N5O2S/c27-20-12-15-4-3-6-17(15)24-26(20)10-9-25-8-2-1-5-16(25)13-22-21-23-18-7-11-28-14-19(18)29-21/h12,16H,1-11,13-14H2,(H,22,23). The van der Waals surface area contributed by atoms with Crippen LogP contribution in [0, 0.1) is 0 Å². The molecule has 2 aliphatic heterocycles. The first kappa shape index (κ1) is 19.2. The van der Waals surface area contributed by atoms with Gasteiger partial charge < -0.3 is 10.1 Å². The Balaban J connectivity index is 1.20. The van der Waals surface area contributed by atoms with Crippen molar-refractivity contribution in [2.45, 2.75) is 64.1 Å². The number of piperidine rings is 1. The zero-order valence-electron chi connectivity index (χ0n) is 16.9. The lowest BCUT2D eigenvalue weighted by Crippen LogP contribution is -2.45. The van der Waals surface area contributed by atoms with E-state index in [9.17, 15) is 4.79 Å². The van der Waals surface area contributed by atoms with Gasteiger partial charge in [0.2, 0.25) is 0 Å². The van der Waals surface area contributed by atoms with E-state index in [-0.39, 0.29) is 5.56 Å². The first-order valence-corrected chi connectivity index (χ1v) is 11.7. The number of hydrogen-bond acceptors (Lipinski definition) is 7. The number of rotatable bonds is 6. The van der Waals surface area contributed by atoms with E-state index < -0.39 is 0 Å². The Bertz CT molecular complexity index is 901. The van der Waals surface area contributed by atoms with Crippen molar-refractivity contribution in [3.63, 3.8) is 0 Å². The number of aromatic nitrogens is 3. The molecule has 1 unspecified atom stereocenters. The number of thiazole rings is 1. The minimum Gasteiger partial charge on any atom is -0.375 e. The summed E-state index contributed by atoms with van der Waals surface area (Å²) in [5.74, 6) is 0. The highest BCUT2D eigenvalue weighted by atomic mass is 32.1. The third-order valence-electron chi connectivity index (χ3n) is 6.36. The lowest BCUT2D eigenvalue weighted by molar-refractivity contribution is 0.112. The molecule has 1 atom stereocenters. The second kappa shape index (κ2) is 8.53. The summed E-state index contributed by atoms with van der Waals surface area (Å²) in [6.07, 6.45) is 7.74. The maximum absolute atomic E-state index is 12.4. The molecule has 2 aromatic rings. The van der Waals surface area contributed by atoms with Crippen LogP contribution in [0.2, 0.25) is 0 Å². The van der Waals surface area contributed by atoms with E-state index in [0.717, 1.165) is 68.3 Å². The lowest BCUT2D eigenvalue weighted by Gasteiger charge is -2.35. The van der Waals surface area contributed by atoms with Crippen molar-refractivity contribution in [3.05, 3.63) is 38.2 Å². The van der Waals surface area contributed by atoms with Gasteiger partial charge in [0.05, 0.1) is 36.0 Å². The average molecular weight is 416 g/mol. The van der Waals surface area contributed by atoms with Gasteiger partial charge in [-0.3, -0.25) is 9.69 Å². The Labute approximate surface area is 175 Å². The average Bonchev–Trinajstić information content (AvgIpc) is 3.37. The fourth-order valence-corrected chi connectivity index (χ4v) is 5.67. The third-order valence-corrected chi connectivity index (χ3v) is 7.38. The molecule has 156 valence electrons. The van der Waals surface area contributed by atoms with E-state index in [4.69, 9.17) is 9.72 Å². The zero-order valence-corrected chi connectivity index (χ0v) is 17.7. The molecule has 0 aromatic carbocycles. The molecule has 1 aliphatic carbocycles. The van der Waals surface area contributed by atoms with Crippen LogP contribution >= 0.6 is 11.3 Å². The molecule has 29 heavy (non-hydrogen) atoms. The summed E-state index contributed by atoms with van der Waals surface area (Å²) in [4.78, 5) is 20.9. The highest BCUT2D eigenvalue weighted by Gasteiger charge is 2.24. The lowest BCUT2D eigenvalue weighted by atomic mass is 10.0. The van der Waals surface area contributed by atoms with Crippen molar-refractivity contribution in [1.29, 1.82) is 0 Å². The molecule has 5 rings (SSSR count). The molecule has 4 heterocycles. The van der Waals surface area contributed by atoms with Crippen LogP contribution in [0.3, 0.4) is 0 Å². The Hall–Kier alpha value is -1.77. The second-order valence-corrected chi connectivity index (χ2v) is 9.37. The number of nitrogens with one attached hydrogen (secondary N) is 1. The van der Waals surface area contributed by atoms with E-state index in [1.54, 1.807) is 22.1 Å². The SMILES string of the molecule is O=c1cc2c(nn1CCN1CCCCC1CNc1nc3c(s1)COCC3)CCC2. The molecular formula is C21H29N5O2S. The fraction of sp³-hybridized carbons (Fsp3) is 0.667. The summed E-state index contributed by atoms with van der Waals surface area (Å²) in [6.45, 7) is 5.02. The van der Waals surface area contributed by atoms with Crippen molar-refractivity contribution in [2.75, 3.05) is 31.6 Å². The van der Waals surface area contributed by atoms with E-state index in [2.05, 4.69) is 15.3 Å². The van der Waals surface area contributed by atoms with E-state index in [0.29, 0.717) is 19.2 Å². The molecule has 0 saturated carbocycles. The van der Waals surface area contributed by atoms with Crippen molar-refractivity contribution in [3.8, 4) is 0 Å². The Morgan fingerprint density at radius 1 is 1.17 bits per heavy atom. The number of nitrogens with zero attached hydrogens (tertiary/aromatic N) is 4. The van der Waals surface area contributed by atoms with Gasteiger partial charge in [0.25, 0.3) is 5.56 Å². The molecule has 0 bridgehead atoms. The quantitative estimate of drug-likeness (QED) is 0.780. The van der Waals surface area contributed by atoms with Crippen LogP contribution in [0.25, 0.3) is 0 Å². The van der Waals surface area contributed by atoms with Crippen LogP contribution in [0.4, 0.5) is 5.13 Å². The number of likely N-dealkylation sites (tertiary alicyclic amines) is 1. The molecule has 0 amide bonds. The monoisotopic (exact) mass is 415 g/mol. The second-order valence-electron chi connectivity index (χ2n) is 8.29. The Morgan fingerprint density at radius 3 is 3.07 bits per heavy atom. The predicted molar refractivity (Wildman–Crippen MR) is 114 cm³/mol. The van der Waals surface area contributed by atoms with Crippen molar-refractivity contribution in [1.82, 2.24) is 19.7 Å². The summed E-state index contributed by atoms with van der Waals surface area (Å²) in [6, 6.07) is 2.28. The van der Waals surface area contributed by atoms with Gasteiger partial charge in [-0.05, 0) is 44.2 Å². The Morgan fingerprint density at radius 2 is 2.14 bits per heavy atom. The van der Waals surface area contributed by atoms with Crippen LogP contribution in [-0.4, -0.2) is 51.9 Å². The van der Waals surface area contributed by atoms with Crippen LogP contribution < -0.4 is 10.9 Å². The molecule has 0 spiro atoms. The third kappa shape index (κ3) is 4.25. The van der Waals surface area contributed by atoms with Gasteiger partial charge in [-0.1, -0.05) is 17.8 Å². The molecule has 0 radical (unpaired) electrons. The minimum absolute atomic E-state index is 0.0490. The van der Waals surface area contributed by atoms with E-state index in [1.807, 2.05) is 0 Å². The van der Waals surface area contributed by atoms with Gasteiger partial charge in [-0.25, -0.2) is 9.67 Å². The van der Waals surface area contributed by atoms with Crippen molar-refractivity contribution < 1.29 is 4.74 Å². The maximum atomic E-state index is 12.4. The number of hydrogen-bond donors (Lipinski definition) is 1. The van der Waals surface area contributed by atoms with Gasteiger partial charge in [-0.15, -0.1) is 0 Å². The maximum Gasteiger partial charge on any atom is 0.267 e. The van der Waals surface area contributed by atoms with Crippen LogP contribution in [0.5, 0.6) is 0 Å².